The molecule has 1 aliphatic rings. The number of hydrogen-bond acceptors (Lipinski definition) is 2. The Bertz CT molecular complexity index is 447. The molecule has 0 bridgehead atoms. The van der Waals surface area contributed by atoms with Gasteiger partial charge in [0.15, 0.2) is 0 Å². The fraction of sp³-hybridized carbons (Fsp3) is 0.500. The Labute approximate surface area is 110 Å². The Morgan fingerprint density at radius 3 is 3.06 bits per heavy atom. The lowest BCUT2D eigenvalue weighted by atomic mass is 9.87. The lowest BCUT2D eigenvalue weighted by molar-refractivity contribution is 0.401. The number of fused-ring (bicyclic) bond motifs is 1. The number of nitrogens with one attached hydrogen (secondary N) is 1. The summed E-state index contributed by atoms with van der Waals surface area (Å²) >= 11 is 0. The molecule has 0 aromatic heterocycles. The third kappa shape index (κ3) is 3.05. The number of hydrogen-bond donors (Lipinski definition) is 1. The van der Waals surface area contributed by atoms with E-state index in [0.29, 0.717) is 12.1 Å². The maximum absolute atomic E-state index is 5.34. The molecule has 1 aromatic rings. The molecule has 2 unspecified atom stereocenters. The van der Waals surface area contributed by atoms with Crippen LogP contribution in [-0.4, -0.2) is 19.2 Å². The first kappa shape index (κ1) is 13.0. The van der Waals surface area contributed by atoms with Crippen LogP contribution in [-0.2, 0) is 12.8 Å². The molecule has 2 rings (SSSR count). The lowest BCUT2D eigenvalue weighted by Crippen LogP contribution is -2.40. The van der Waals surface area contributed by atoms with Gasteiger partial charge in [0.25, 0.3) is 0 Å². The lowest BCUT2D eigenvalue weighted by Gasteiger charge is -2.28. The van der Waals surface area contributed by atoms with Crippen molar-refractivity contribution in [2.24, 2.45) is 0 Å². The topological polar surface area (TPSA) is 21.3 Å². The van der Waals surface area contributed by atoms with Gasteiger partial charge in [-0.1, -0.05) is 6.07 Å². The second kappa shape index (κ2) is 5.93. The van der Waals surface area contributed by atoms with E-state index in [-0.39, 0.29) is 0 Å². The van der Waals surface area contributed by atoms with E-state index in [9.17, 15) is 0 Å². The van der Waals surface area contributed by atoms with Crippen molar-refractivity contribution in [2.75, 3.05) is 7.11 Å². The molecular formula is C16H21NO. The van der Waals surface area contributed by atoms with Gasteiger partial charge < -0.3 is 10.1 Å². The molecule has 1 aliphatic carbocycles. The normalized spacial score (nSPS) is 19.7. The minimum atomic E-state index is 0.396. The van der Waals surface area contributed by atoms with Crippen LogP contribution >= 0.6 is 0 Å². The summed E-state index contributed by atoms with van der Waals surface area (Å²) in [6, 6.07) is 7.33. The van der Waals surface area contributed by atoms with E-state index in [1.807, 2.05) is 6.07 Å². The Morgan fingerprint density at radius 2 is 2.33 bits per heavy atom. The molecular weight excluding hydrogens is 222 g/mol. The molecule has 0 radical (unpaired) electrons. The summed E-state index contributed by atoms with van der Waals surface area (Å²) in [4.78, 5) is 0. The van der Waals surface area contributed by atoms with Crippen molar-refractivity contribution in [3.8, 4) is 18.1 Å². The summed E-state index contributed by atoms with van der Waals surface area (Å²) in [6.07, 6.45) is 9.53. The predicted octanol–water partition coefficient (Wildman–Crippen LogP) is 2.55. The fourth-order valence-corrected chi connectivity index (χ4v) is 2.64. The Morgan fingerprint density at radius 1 is 1.50 bits per heavy atom. The number of benzene rings is 1. The molecule has 0 saturated carbocycles. The van der Waals surface area contributed by atoms with E-state index in [1.54, 1.807) is 7.11 Å². The van der Waals surface area contributed by atoms with E-state index in [2.05, 4.69) is 30.3 Å². The van der Waals surface area contributed by atoms with Crippen LogP contribution in [0.5, 0.6) is 5.75 Å². The van der Waals surface area contributed by atoms with Crippen molar-refractivity contribution in [1.29, 1.82) is 0 Å². The average molecular weight is 243 g/mol. The third-order valence-electron chi connectivity index (χ3n) is 3.59. The number of rotatable bonds is 4. The van der Waals surface area contributed by atoms with Gasteiger partial charge in [-0.05, 0) is 49.4 Å². The van der Waals surface area contributed by atoms with Gasteiger partial charge in [-0.3, -0.25) is 0 Å². The van der Waals surface area contributed by atoms with Crippen molar-refractivity contribution >= 4 is 0 Å². The highest BCUT2D eigenvalue weighted by molar-refractivity contribution is 5.37. The first-order valence-corrected chi connectivity index (χ1v) is 6.58. The van der Waals surface area contributed by atoms with Crippen molar-refractivity contribution in [3.05, 3.63) is 29.3 Å². The molecule has 0 amide bonds. The Hall–Kier alpha value is -1.46. The van der Waals surface area contributed by atoms with E-state index in [1.165, 1.54) is 17.5 Å². The zero-order valence-corrected chi connectivity index (χ0v) is 11.2. The molecule has 1 N–H and O–H groups in total. The zero-order chi connectivity index (χ0) is 13.0. The van der Waals surface area contributed by atoms with E-state index in [4.69, 9.17) is 11.2 Å². The van der Waals surface area contributed by atoms with Crippen molar-refractivity contribution in [1.82, 2.24) is 5.32 Å². The highest BCUT2D eigenvalue weighted by Crippen LogP contribution is 2.25. The third-order valence-corrected chi connectivity index (χ3v) is 3.59. The second-order valence-electron chi connectivity index (χ2n) is 5.05. The zero-order valence-electron chi connectivity index (χ0n) is 11.2. The van der Waals surface area contributed by atoms with Crippen LogP contribution in [0.15, 0.2) is 18.2 Å². The predicted molar refractivity (Wildman–Crippen MR) is 74.9 cm³/mol. The number of aryl methyl sites for hydroxylation is 1. The van der Waals surface area contributed by atoms with Crippen LogP contribution in [0.4, 0.5) is 0 Å². The standard InChI is InChI=1S/C16H21NO/c1-4-5-12(2)17-15-8-6-13-7-9-16(18-3)11-14(13)10-15/h1,7,9,11-12,15,17H,5-6,8,10H2,2-3H3. The van der Waals surface area contributed by atoms with Crippen molar-refractivity contribution in [3.63, 3.8) is 0 Å². The van der Waals surface area contributed by atoms with E-state index in [0.717, 1.165) is 25.0 Å². The summed E-state index contributed by atoms with van der Waals surface area (Å²) in [5.41, 5.74) is 2.87. The van der Waals surface area contributed by atoms with Crippen LogP contribution < -0.4 is 10.1 Å². The second-order valence-corrected chi connectivity index (χ2v) is 5.05. The van der Waals surface area contributed by atoms with Gasteiger partial charge in [0.1, 0.15) is 5.75 Å². The first-order valence-electron chi connectivity index (χ1n) is 6.58. The van der Waals surface area contributed by atoms with Gasteiger partial charge in [0.05, 0.1) is 7.11 Å². The van der Waals surface area contributed by atoms with Gasteiger partial charge in [0.2, 0.25) is 0 Å². The minimum Gasteiger partial charge on any atom is -0.497 e. The van der Waals surface area contributed by atoms with Crippen LogP contribution in [0, 0.1) is 12.3 Å². The maximum Gasteiger partial charge on any atom is 0.119 e. The molecule has 18 heavy (non-hydrogen) atoms. The molecule has 2 nitrogen and oxygen atoms in total. The fourth-order valence-electron chi connectivity index (χ4n) is 2.64. The minimum absolute atomic E-state index is 0.396. The number of ether oxygens (including phenoxy) is 1. The molecule has 0 fully saturated rings. The first-order chi connectivity index (χ1) is 8.72. The molecule has 1 aromatic carbocycles. The number of terminal acetylenes is 1. The maximum atomic E-state index is 5.34. The summed E-state index contributed by atoms with van der Waals surface area (Å²) in [6.45, 7) is 2.15. The highest BCUT2D eigenvalue weighted by atomic mass is 16.5. The number of methoxy groups -OCH3 is 1. The van der Waals surface area contributed by atoms with Gasteiger partial charge >= 0.3 is 0 Å². The van der Waals surface area contributed by atoms with E-state index >= 15 is 0 Å². The van der Waals surface area contributed by atoms with Gasteiger partial charge in [0, 0.05) is 18.5 Å². The summed E-state index contributed by atoms with van der Waals surface area (Å²) in [7, 11) is 1.72. The molecule has 0 spiro atoms. The van der Waals surface area contributed by atoms with Crippen LogP contribution in [0.3, 0.4) is 0 Å². The van der Waals surface area contributed by atoms with Gasteiger partial charge in [-0.2, -0.15) is 0 Å². The monoisotopic (exact) mass is 243 g/mol. The molecule has 0 saturated heterocycles. The Kier molecular flexibility index (Phi) is 4.28. The summed E-state index contributed by atoms with van der Waals surface area (Å²) in [5.74, 6) is 3.66. The molecule has 0 heterocycles. The quantitative estimate of drug-likeness (QED) is 0.821. The SMILES string of the molecule is C#CCC(C)NC1CCc2ccc(OC)cc2C1. The molecule has 96 valence electrons. The molecule has 0 aliphatic heterocycles. The largest absolute Gasteiger partial charge is 0.497 e. The van der Waals surface area contributed by atoms with Crippen LogP contribution in [0.25, 0.3) is 0 Å². The van der Waals surface area contributed by atoms with Crippen LogP contribution in [0.2, 0.25) is 0 Å². The highest BCUT2D eigenvalue weighted by Gasteiger charge is 2.20. The van der Waals surface area contributed by atoms with E-state index < -0.39 is 0 Å². The van der Waals surface area contributed by atoms with Crippen molar-refractivity contribution < 1.29 is 4.74 Å². The van der Waals surface area contributed by atoms with Crippen LogP contribution in [0.1, 0.15) is 30.9 Å². The van der Waals surface area contributed by atoms with Crippen molar-refractivity contribution in [2.45, 2.75) is 44.7 Å². The smallest absolute Gasteiger partial charge is 0.119 e. The molecule has 2 atom stereocenters. The summed E-state index contributed by atoms with van der Waals surface area (Å²) in [5, 5.41) is 3.61. The van der Waals surface area contributed by atoms with Gasteiger partial charge in [-0.25, -0.2) is 0 Å². The Balaban J connectivity index is 2.02. The summed E-state index contributed by atoms with van der Waals surface area (Å²) < 4.78 is 5.29. The van der Waals surface area contributed by atoms with Gasteiger partial charge in [-0.15, -0.1) is 12.3 Å². The molecule has 2 heteroatoms. The average Bonchev–Trinajstić information content (AvgIpc) is 2.38.